The van der Waals surface area contributed by atoms with Gasteiger partial charge in [0.15, 0.2) is 0 Å². The Hall–Kier alpha value is -1.76. The third-order valence-corrected chi connectivity index (χ3v) is 2.67. The number of hydrogen-bond acceptors (Lipinski definition) is 4. The van der Waals surface area contributed by atoms with Crippen molar-refractivity contribution in [3.63, 3.8) is 0 Å². The Labute approximate surface area is 111 Å². The lowest BCUT2D eigenvalue weighted by Crippen LogP contribution is -2.01. The van der Waals surface area contributed by atoms with Crippen molar-refractivity contribution in [2.75, 3.05) is 17.7 Å². The lowest BCUT2D eigenvalue weighted by atomic mass is 10.3. The van der Waals surface area contributed by atoms with Crippen LogP contribution in [-0.2, 0) is 0 Å². The average molecular weight is 315 g/mol. The third kappa shape index (κ3) is 2.92. The van der Waals surface area contributed by atoms with E-state index in [2.05, 4.69) is 36.5 Å². The SMILES string of the molecule is CNc1ncc(Br)c(Nc2cc(F)cc(F)c2)n1. The highest BCUT2D eigenvalue weighted by molar-refractivity contribution is 9.10. The van der Waals surface area contributed by atoms with Gasteiger partial charge in [0.2, 0.25) is 5.95 Å². The Morgan fingerprint density at radius 2 is 1.83 bits per heavy atom. The molecule has 2 N–H and O–H groups in total. The molecule has 0 unspecified atom stereocenters. The van der Waals surface area contributed by atoms with Crippen molar-refractivity contribution in [3.8, 4) is 0 Å². The molecule has 94 valence electrons. The van der Waals surface area contributed by atoms with Crippen LogP contribution in [0, 0.1) is 11.6 Å². The van der Waals surface area contributed by atoms with Crippen molar-refractivity contribution in [2.45, 2.75) is 0 Å². The van der Waals surface area contributed by atoms with Gasteiger partial charge in [0, 0.05) is 25.0 Å². The number of anilines is 3. The second kappa shape index (κ2) is 5.26. The lowest BCUT2D eigenvalue weighted by molar-refractivity contribution is 0.584. The first-order chi connectivity index (χ1) is 8.58. The fraction of sp³-hybridized carbons (Fsp3) is 0.0909. The van der Waals surface area contributed by atoms with Crippen molar-refractivity contribution in [3.05, 3.63) is 40.5 Å². The second-order valence-corrected chi connectivity index (χ2v) is 4.28. The van der Waals surface area contributed by atoms with Crippen molar-refractivity contribution in [2.24, 2.45) is 0 Å². The van der Waals surface area contributed by atoms with Gasteiger partial charge < -0.3 is 10.6 Å². The van der Waals surface area contributed by atoms with E-state index in [9.17, 15) is 8.78 Å². The summed E-state index contributed by atoms with van der Waals surface area (Å²) in [4.78, 5) is 8.10. The molecule has 1 heterocycles. The molecule has 0 spiro atoms. The Bertz CT molecular complexity index is 557. The maximum absolute atomic E-state index is 13.0. The van der Waals surface area contributed by atoms with Crippen LogP contribution in [-0.4, -0.2) is 17.0 Å². The first-order valence-electron chi connectivity index (χ1n) is 5.02. The number of hydrogen-bond donors (Lipinski definition) is 2. The summed E-state index contributed by atoms with van der Waals surface area (Å²) in [5, 5.41) is 5.58. The normalized spacial score (nSPS) is 10.2. The van der Waals surface area contributed by atoms with E-state index in [4.69, 9.17) is 0 Å². The number of rotatable bonds is 3. The average Bonchev–Trinajstić information content (AvgIpc) is 2.30. The predicted molar refractivity (Wildman–Crippen MR) is 68.9 cm³/mol. The van der Waals surface area contributed by atoms with E-state index in [1.807, 2.05) is 0 Å². The van der Waals surface area contributed by atoms with Crippen LogP contribution in [0.2, 0.25) is 0 Å². The summed E-state index contributed by atoms with van der Waals surface area (Å²) in [6, 6.07) is 3.16. The highest BCUT2D eigenvalue weighted by Crippen LogP contribution is 2.24. The minimum atomic E-state index is -0.656. The zero-order valence-electron chi connectivity index (χ0n) is 9.34. The molecule has 0 aliphatic heterocycles. The van der Waals surface area contributed by atoms with Gasteiger partial charge in [0.25, 0.3) is 0 Å². The van der Waals surface area contributed by atoms with Crippen LogP contribution in [0.25, 0.3) is 0 Å². The molecule has 18 heavy (non-hydrogen) atoms. The molecule has 0 bridgehead atoms. The van der Waals surface area contributed by atoms with Crippen LogP contribution in [0.3, 0.4) is 0 Å². The maximum Gasteiger partial charge on any atom is 0.224 e. The van der Waals surface area contributed by atoms with E-state index in [-0.39, 0.29) is 5.69 Å². The maximum atomic E-state index is 13.0. The van der Waals surface area contributed by atoms with Gasteiger partial charge in [-0.05, 0) is 28.1 Å². The van der Waals surface area contributed by atoms with E-state index < -0.39 is 11.6 Å². The van der Waals surface area contributed by atoms with Gasteiger partial charge in [0.1, 0.15) is 17.5 Å². The molecule has 0 fully saturated rings. The summed E-state index contributed by atoms with van der Waals surface area (Å²) >= 11 is 3.25. The van der Waals surface area contributed by atoms with E-state index in [0.29, 0.717) is 16.2 Å². The summed E-state index contributed by atoms with van der Waals surface area (Å²) in [5.41, 5.74) is 0.272. The molecule has 1 aromatic heterocycles. The molecule has 2 rings (SSSR count). The summed E-state index contributed by atoms with van der Waals surface area (Å²) < 4.78 is 26.7. The van der Waals surface area contributed by atoms with Gasteiger partial charge in [-0.25, -0.2) is 13.8 Å². The molecule has 0 radical (unpaired) electrons. The number of nitrogens with zero attached hydrogens (tertiary/aromatic N) is 2. The molecule has 2 aromatic rings. The fourth-order valence-electron chi connectivity index (χ4n) is 1.34. The molecule has 0 atom stereocenters. The topological polar surface area (TPSA) is 49.8 Å². The molecule has 1 aromatic carbocycles. The van der Waals surface area contributed by atoms with Crippen LogP contribution in [0.5, 0.6) is 0 Å². The number of aromatic nitrogens is 2. The molecule has 4 nitrogen and oxygen atoms in total. The Kier molecular flexibility index (Phi) is 3.71. The van der Waals surface area contributed by atoms with Crippen LogP contribution >= 0.6 is 15.9 Å². The molecule has 0 aliphatic carbocycles. The molecule has 0 aliphatic rings. The largest absolute Gasteiger partial charge is 0.357 e. The van der Waals surface area contributed by atoms with Crippen molar-refractivity contribution in [1.29, 1.82) is 0 Å². The van der Waals surface area contributed by atoms with E-state index in [0.717, 1.165) is 6.07 Å². The molecular formula is C11H9BrF2N4. The van der Waals surface area contributed by atoms with Gasteiger partial charge in [-0.2, -0.15) is 4.98 Å². The predicted octanol–water partition coefficient (Wildman–Crippen LogP) is 3.30. The van der Waals surface area contributed by atoms with Crippen LogP contribution in [0.4, 0.5) is 26.2 Å². The molecule has 0 saturated carbocycles. The highest BCUT2D eigenvalue weighted by Gasteiger charge is 2.06. The Morgan fingerprint density at radius 3 is 2.44 bits per heavy atom. The zero-order chi connectivity index (χ0) is 13.1. The Balaban J connectivity index is 2.33. The van der Waals surface area contributed by atoms with Crippen LogP contribution < -0.4 is 10.6 Å². The van der Waals surface area contributed by atoms with E-state index >= 15 is 0 Å². The first-order valence-corrected chi connectivity index (χ1v) is 5.81. The summed E-state index contributed by atoms with van der Waals surface area (Å²) in [6.45, 7) is 0. The van der Waals surface area contributed by atoms with Crippen molar-refractivity contribution < 1.29 is 8.78 Å². The second-order valence-electron chi connectivity index (χ2n) is 3.42. The summed E-state index contributed by atoms with van der Waals surface area (Å²) in [5.74, 6) is -0.495. The standard InChI is InChI=1S/C11H9BrF2N4/c1-15-11-16-5-9(12)10(18-11)17-8-3-6(13)2-7(14)4-8/h2-5H,1H3,(H2,15,16,17,18). The Morgan fingerprint density at radius 1 is 1.17 bits per heavy atom. The smallest absolute Gasteiger partial charge is 0.224 e. The lowest BCUT2D eigenvalue weighted by Gasteiger charge is -2.09. The number of halogens is 3. The van der Waals surface area contributed by atoms with Crippen molar-refractivity contribution in [1.82, 2.24) is 9.97 Å². The molecular weight excluding hydrogens is 306 g/mol. The monoisotopic (exact) mass is 314 g/mol. The van der Waals surface area contributed by atoms with Gasteiger partial charge in [0.05, 0.1) is 4.47 Å². The number of nitrogens with one attached hydrogen (secondary N) is 2. The van der Waals surface area contributed by atoms with Crippen LogP contribution in [0.1, 0.15) is 0 Å². The minimum Gasteiger partial charge on any atom is -0.357 e. The summed E-state index contributed by atoms with van der Waals surface area (Å²) in [7, 11) is 1.68. The van der Waals surface area contributed by atoms with Gasteiger partial charge in [-0.3, -0.25) is 0 Å². The van der Waals surface area contributed by atoms with E-state index in [1.165, 1.54) is 18.3 Å². The van der Waals surface area contributed by atoms with Crippen molar-refractivity contribution >= 4 is 33.4 Å². The van der Waals surface area contributed by atoms with Crippen LogP contribution in [0.15, 0.2) is 28.9 Å². The molecule has 0 amide bonds. The molecule has 7 heteroatoms. The number of benzene rings is 1. The fourth-order valence-corrected chi connectivity index (χ4v) is 1.63. The zero-order valence-corrected chi connectivity index (χ0v) is 10.9. The van der Waals surface area contributed by atoms with E-state index in [1.54, 1.807) is 7.05 Å². The third-order valence-electron chi connectivity index (χ3n) is 2.09. The molecule has 0 saturated heterocycles. The minimum absolute atomic E-state index is 0.272. The highest BCUT2D eigenvalue weighted by atomic mass is 79.9. The first kappa shape index (κ1) is 12.7. The van der Waals surface area contributed by atoms with Gasteiger partial charge in [-0.1, -0.05) is 0 Å². The quantitative estimate of drug-likeness (QED) is 0.912. The van der Waals surface area contributed by atoms with Gasteiger partial charge >= 0.3 is 0 Å². The summed E-state index contributed by atoms with van der Waals surface area (Å²) in [6.07, 6.45) is 1.54. The van der Waals surface area contributed by atoms with Gasteiger partial charge in [-0.15, -0.1) is 0 Å².